The van der Waals surface area contributed by atoms with Crippen LogP contribution in [0.4, 0.5) is 0 Å². The van der Waals surface area contributed by atoms with Gasteiger partial charge in [-0.2, -0.15) is 0 Å². The zero-order chi connectivity index (χ0) is 8.81. The van der Waals surface area contributed by atoms with Crippen LogP contribution in [0.25, 0.3) is 0 Å². The fraction of sp³-hybridized carbons (Fsp3) is 0.889. The average molecular weight is 170 g/mol. The van der Waals surface area contributed by atoms with Crippen LogP contribution in [0, 0.1) is 5.92 Å². The van der Waals surface area contributed by atoms with E-state index in [-0.39, 0.29) is 5.91 Å². The van der Waals surface area contributed by atoms with Crippen molar-refractivity contribution in [3.63, 3.8) is 0 Å². The van der Waals surface area contributed by atoms with E-state index in [1.165, 1.54) is 0 Å². The summed E-state index contributed by atoms with van der Waals surface area (Å²) in [5, 5.41) is 6.15. The molecule has 0 aromatic carbocycles. The first-order valence-electron chi connectivity index (χ1n) is 4.80. The van der Waals surface area contributed by atoms with E-state index in [4.69, 9.17) is 0 Å². The lowest BCUT2D eigenvalue weighted by molar-refractivity contribution is -0.121. The molecule has 3 nitrogen and oxygen atoms in total. The van der Waals surface area contributed by atoms with Crippen molar-refractivity contribution in [3.05, 3.63) is 0 Å². The normalized spacial score (nSPS) is 22.6. The molecule has 70 valence electrons. The van der Waals surface area contributed by atoms with Crippen LogP contribution in [0.3, 0.4) is 0 Å². The fourth-order valence-corrected chi connectivity index (χ4v) is 1.49. The van der Waals surface area contributed by atoms with Crippen LogP contribution in [-0.2, 0) is 4.79 Å². The Labute approximate surface area is 73.9 Å². The minimum atomic E-state index is 0.213. The molecule has 3 heteroatoms. The largest absolute Gasteiger partial charge is 0.356 e. The van der Waals surface area contributed by atoms with Crippen molar-refractivity contribution >= 4 is 5.91 Å². The molecular formula is C9H18N2O. The van der Waals surface area contributed by atoms with Gasteiger partial charge in [0.2, 0.25) is 5.91 Å². The van der Waals surface area contributed by atoms with Crippen LogP contribution in [0.5, 0.6) is 0 Å². The van der Waals surface area contributed by atoms with Crippen molar-refractivity contribution in [2.75, 3.05) is 19.6 Å². The lowest BCUT2D eigenvalue weighted by Gasteiger charge is -2.07. The molecule has 1 aliphatic rings. The van der Waals surface area contributed by atoms with Crippen LogP contribution in [0.1, 0.15) is 26.2 Å². The van der Waals surface area contributed by atoms with E-state index >= 15 is 0 Å². The molecule has 0 radical (unpaired) electrons. The smallest absolute Gasteiger partial charge is 0.220 e. The van der Waals surface area contributed by atoms with E-state index in [0.717, 1.165) is 32.5 Å². The summed E-state index contributed by atoms with van der Waals surface area (Å²) in [6.07, 6.45) is 2.88. The number of hydrogen-bond acceptors (Lipinski definition) is 2. The highest BCUT2D eigenvalue weighted by atomic mass is 16.1. The quantitative estimate of drug-likeness (QED) is 0.645. The summed E-state index contributed by atoms with van der Waals surface area (Å²) in [6.45, 7) is 4.97. The zero-order valence-corrected chi connectivity index (χ0v) is 7.73. The molecular weight excluding hydrogens is 152 g/mol. The van der Waals surface area contributed by atoms with Gasteiger partial charge in [-0.3, -0.25) is 4.79 Å². The van der Waals surface area contributed by atoms with Crippen LogP contribution < -0.4 is 10.6 Å². The third-order valence-electron chi connectivity index (χ3n) is 2.21. The zero-order valence-electron chi connectivity index (χ0n) is 7.73. The van der Waals surface area contributed by atoms with Gasteiger partial charge in [0.1, 0.15) is 0 Å². The Morgan fingerprint density at radius 1 is 1.67 bits per heavy atom. The van der Waals surface area contributed by atoms with Gasteiger partial charge in [0.05, 0.1) is 0 Å². The molecule has 0 saturated carbocycles. The lowest BCUT2D eigenvalue weighted by Crippen LogP contribution is -2.26. The second-order valence-corrected chi connectivity index (χ2v) is 3.41. The molecule has 0 aliphatic carbocycles. The van der Waals surface area contributed by atoms with Crippen LogP contribution >= 0.6 is 0 Å². The maximum absolute atomic E-state index is 11.2. The third kappa shape index (κ3) is 3.22. The summed E-state index contributed by atoms with van der Waals surface area (Å²) < 4.78 is 0. The number of nitrogens with one attached hydrogen (secondary N) is 2. The molecule has 1 unspecified atom stereocenters. The summed E-state index contributed by atoms with van der Waals surface area (Å²) in [5.74, 6) is 0.785. The topological polar surface area (TPSA) is 41.1 Å². The Balaban J connectivity index is 2.08. The first kappa shape index (κ1) is 9.52. The Kier molecular flexibility index (Phi) is 4.08. The number of hydrogen-bond donors (Lipinski definition) is 2. The monoisotopic (exact) mass is 170 g/mol. The number of rotatable bonds is 4. The van der Waals surface area contributed by atoms with Gasteiger partial charge >= 0.3 is 0 Å². The predicted octanol–water partition coefficient (Wildman–Crippen LogP) is 0.512. The second-order valence-electron chi connectivity index (χ2n) is 3.41. The second kappa shape index (κ2) is 5.14. The van der Waals surface area contributed by atoms with E-state index in [9.17, 15) is 4.79 Å². The van der Waals surface area contributed by atoms with Crippen molar-refractivity contribution < 1.29 is 4.79 Å². The van der Waals surface area contributed by atoms with E-state index in [1.807, 2.05) is 0 Å². The Bertz CT molecular complexity index is 141. The van der Waals surface area contributed by atoms with E-state index in [0.29, 0.717) is 12.3 Å². The first-order valence-corrected chi connectivity index (χ1v) is 4.80. The van der Waals surface area contributed by atoms with Crippen LogP contribution in [0.2, 0.25) is 0 Å². The standard InChI is InChI=1S/C9H18N2O/c1-2-4-11-9(12)6-8-3-5-10-7-8/h8,10H,2-7H2,1H3,(H,11,12). The summed E-state index contributed by atoms with van der Waals surface area (Å²) in [4.78, 5) is 11.2. The number of amides is 1. The Morgan fingerprint density at radius 3 is 3.08 bits per heavy atom. The predicted molar refractivity (Wildman–Crippen MR) is 48.9 cm³/mol. The van der Waals surface area contributed by atoms with Gasteiger partial charge in [-0.05, 0) is 31.8 Å². The fourth-order valence-electron chi connectivity index (χ4n) is 1.49. The molecule has 1 amide bonds. The highest BCUT2D eigenvalue weighted by molar-refractivity contribution is 5.76. The Hall–Kier alpha value is -0.570. The van der Waals surface area contributed by atoms with Gasteiger partial charge in [-0.25, -0.2) is 0 Å². The molecule has 0 bridgehead atoms. The molecule has 1 saturated heterocycles. The molecule has 1 rings (SSSR count). The highest BCUT2D eigenvalue weighted by Gasteiger charge is 2.17. The summed E-state index contributed by atoms with van der Waals surface area (Å²) in [7, 11) is 0. The first-order chi connectivity index (χ1) is 5.83. The average Bonchev–Trinajstić information content (AvgIpc) is 2.53. The number of carbonyl (C=O) groups is 1. The van der Waals surface area contributed by atoms with E-state index < -0.39 is 0 Å². The molecule has 1 fully saturated rings. The highest BCUT2D eigenvalue weighted by Crippen LogP contribution is 2.11. The van der Waals surface area contributed by atoms with E-state index in [2.05, 4.69) is 17.6 Å². The molecule has 12 heavy (non-hydrogen) atoms. The molecule has 2 N–H and O–H groups in total. The van der Waals surface area contributed by atoms with Gasteiger partial charge in [-0.1, -0.05) is 6.92 Å². The minimum Gasteiger partial charge on any atom is -0.356 e. The van der Waals surface area contributed by atoms with Crippen molar-refractivity contribution in [1.29, 1.82) is 0 Å². The minimum absolute atomic E-state index is 0.213. The van der Waals surface area contributed by atoms with Gasteiger partial charge in [0, 0.05) is 13.0 Å². The van der Waals surface area contributed by atoms with Gasteiger partial charge < -0.3 is 10.6 Å². The molecule has 0 aromatic rings. The maximum Gasteiger partial charge on any atom is 0.220 e. The van der Waals surface area contributed by atoms with Crippen molar-refractivity contribution in [2.24, 2.45) is 5.92 Å². The Morgan fingerprint density at radius 2 is 2.50 bits per heavy atom. The SMILES string of the molecule is CCCNC(=O)CC1CCNC1. The maximum atomic E-state index is 11.2. The summed E-state index contributed by atoms with van der Waals surface area (Å²) in [5.41, 5.74) is 0. The van der Waals surface area contributed by atoms with Crippen LogP contribution in [-0.4, -0.2) is 25.5 Å². The van der Waals surface area contributed by atoms with Crippen molar-refractivity contribution in [1.82, 2.24) is 10.6 Å². The molecule has 0 spiro atoms. The lowest BCUT2D eigenvalue weighted by atomic mass is 10.0. The summed E-state index contributed by atoms with van der Waals surface area (Å²) >= 11 is 0. The molecule has 0 aromatic heterocycles. The van der Waals surface area contributed by atoms with Crippen LogP contribution in [0.15, 0.2) is 0 Å². The van der Waals surface area contributed by atoms with Gasteiger partial charge in [0.25, 0.3) is 0 Å². The van der Waals surface area contributed by atoms with Gasteiger partial charge in [0.15, 0.2) is 0 Å². The summed E-state index contributed by atoms with van der Waals surface area (Å²) in [6, 6.07) is 0. The molecule has 1 heterocycles. The van der Waals surface area contributed by atoms with Crippen molar-refractivity contribution in [3.8, 4) is 0 Å². The number of carbonyl (C=O) groups excluding carboxylic acids is 1. The third-order valence-corrected chi connectivity index (χ3v) is 2.21. The van der Waals surface area contributed by atoms with Crippen molar-refractivity contribution in [2.45, 2.75) is 26.2 Å². The molecule has 1 aliphatic heterocycles. The van der Waals surface area contributed by atoms with E-state index in [1.54, 1.807) is 0 Å². The van der Waals surface area contributed by atoms with Gasteiger partial charge in [-0.15, -0.1) is 0 Å². The molecule has 1 atom stereocenters.